The van der Waals surface area contributed by atoms with Crippen molar-refractivity contribution in [2.24, 2.45) is 0 Å². The molecule has 5 nitrogen and oxygen atoms in total. The Hall–Kier alpha value is -1.82. The highest BCUT2D eigenvalue weighted by Crippen LogP contribution is 2.27. The molecule has 1 aromatic carbocycles. The van der Waals surface area contributed by atoms with E-state index in [1.54, 1.807) is 23.1 Å². The fourth-order valence-electron chi connectivity index (χ4n) is 3.25. The number of likely N-dealkylation sites (tertiary alicyclic amines) is 1. The van der Waals surface area contributed by atoms with Crippen molar-refractivity contribution in [1.29, 1.82) is 0 Å². The maximum atomic E-state index is 12.5. The maximum absolute atomic E-state index is 12.5. The molecule has 1 fully saturated rings. The van der Waals surface area contributed by atoms with Gasteiger partial charge in [-0.15, -0.1) is 0 Å². The molecule has 0 N–H and O–H groups in total. The number of pyridine rings is 1. The smallest absolute Gasteiger partial charge is 0.260 e. The molecule has 3 rings (SSSR count). The van der Waals surface area contributed by atoms with Crippen LogP contribution in [-0.4, -0.2) is 53.5 Å². The van der Waals surface area contributed by atoms with E-state index in [4.69, 9.17) is 27.9 Å². The highest BCUT2D eigenvalue weighted by atomic mass is 35.5. The summed E-state index contributed by atoms with van der Waals surface area (Å²) < 4.78 is 5.57. The number of piperidine rings is 1. The van der Waals surface area contributed by atoms with E-state index in [-0.39, 0.29) is 18.6 Å². The molecule has 1 aromatic heterocycles. The van der Waals surface area contributed by atoms with Crippen molar-refractivity contribution >= 4 is 29.1 Å². The number of ether oxygens (including phenoxy) is 1. The van der Waals surface area contributed by atoms with Crippen molar-refractivity contribution in [1.82, 2.24) is 14.8 Å². The minimum absolute atomic E-state index is 0.0327. The first kappa shape index (κ1) is 19.9. The molecule has 1 amide bonds. The van der Waals surface area contributed by atoms with E-state index in [1.807, 2.05) is 31.6 Å². The third-order valence-corrected chi connectivity index (χ3v) is 5.43. The van der Waals surface area contributed by atoms with Crippen LogP contribution in [-0.2, 0) is 11.3 Å². The predicted molar refractivity (Wildman–Crippen MR) is 107 cm³/mol. The molecule has 0 bridgehead atoms. The van der Waals surface area contributed by atoms with Crippen LogP contribution < -0.4 is 4.74 Å². The number of hydrogen-bond acceptors (Lipinski definition) is 4. The maximum Gasteiger partial charge on any atom is 0.260 e. The van der Waals surface area contributed by atoms with Gasteiger partial charge in [0.15, 0.2) is 6.61 Å². The van der Waals surface area contributed by atoms with Gasteiger partial charge in [-0.25, -0.2) is 0 Å². The molecular weight excluding hydrogens is 385 g/mol. The third kappa shape index (κ3) is 5.58. The second-order valence-corrected chi connectivity index (χ2v) is 7.57. The van der Waals surface area contributed by atoms with Gasteiger partial charge >= 0.3 is 0 Å². The first-order valence-electron chi connectivity index (χ1n) is 8.97. The minimum Gasteiger partial charge on any atom is -0.482 e. The van der Waals surface area contributed by atoms with Crippen LogP contribution in [0.3, 0.4) is 0 Å². The quantitative estimate of drug-likeness (QED) is 0.728. The van der Waals surface area contributed by atoms with Crippen molar-refractivity contribution in [3.8, 4) is 5.75 Å². The molecule has 0 aliphatic carbocycles. The summed E-state index contributed by atoms with van der Waals surface area (Å²) in [5.74, 6) is 0.420. The molecule has 2 heterocycles. The van der Waals surface area contributed by atoms with E-state index >= 15 is 0 Å². The van der Waals surface area contributed by atoms with Gasteiger partial charge in [0.25, 0.3) is 5.91 Å². The zero-order chi connectivity index (χ0) is 19.2. The third-order valence-electron chi connectivity index (χ3n) is 4.90. The Morgan fingerprint density at radius 1 is 1.22 bits per heavy atom. The summed E-state index contributed by atoms with van der Waals surface area (Å²) in [5, 5.41) is 0.941. The number of carbonyl (C=O) groups is 1. The fourth-order valence-corrected chi connectivity index (χ4v) is 3.71. The standard InChI is InChI=1S/C20H23Cl2N3O2/c1-24(20(26)14-27-19-3-2-16(21)12-18(19)22)17-6-10-25(11-7-17)13-15-4-8-23-9-5-15/h2-5,8-9,12,17H,6-7,10-11,13-14H2,1H3. The lowest BCUT2D eigenvalue weighted by molar-refractivity contribution is -0.135. The molecular formula is C20H23Cl2N3O2. The van der Waals surface area contributed by atoms with Crippen molar-refractivity contribution in [2.45, 2.75) is 25.4 Å². The van der Waals surface area contributed by atoms with E-state index < -0.39 is 0 Å². The molecule has 0 radical (unpaired) electrons. The van der Waals surface area contributed by atoms with Gasteiger partial charge in [0.2, 0.25) is 0 Å². The van der Waals surface area contributed by atoms with Crippen molar-refractivity contribution in [3.63, 3.8) is 0 Å². The lowest BCUT2D eigenvalue weighted by Crippen LogP contribution is -2.46. The molecule has 27 heavy (non-hydrogen) atoms. The molecule has 0 unspecified atom stereocenters. The summed E-state index contributed by atoms with van der Waals surface area (Å²) in [6.45, 7) is 2.82. The summed E-state index contributed by atoms with van der Waals surface area (Å²) >= 11 is 12.0. The minimum atomic E-state index is -0.0476. The molecule has 2 aromatic rings. The number of aromatic nitrogens is 1. The molecule has 0 spiro atoms. The van der Waals surface area contributed by atoms with Crippen molar-refractivity contribution < 1.29 is 9.53 Å². The highest BCUT2D eigenvalue weighted by Gasteiger charge is 2.25. The summed E-state index contributed by atoms with van der Waals surface area (Å²) in [6, 6.07) is 9.29. The summed E-state index contributed by atoms with van der Waals surface area (Å²) in [5.41, 5.74) is 1.26. The SMILES string of the molecule is CN(C(=O)COc1ccc(Cl)cc1Cl)C1CCN(Cc2ccncc2)CC1. The second-order valence-electron chi connectivity index (χ2n) is 6.73. The van der Waals surface area contributed by atoms with Gasteiger partial charge in [0.05, 0.1) is 5.02 Å². The molecule has 144 valence electrons. The zero-order valence-corrected chi connectivity index (χ0v) is 16.8. The second kappa shape index (κ2) is 9.40. The molecule has 0 saturated carbocycles. The van der Waals surface area contributed by atoms with E-state index in [0.717, 1.165) is 32.5 Å². The van der Waals surface area contributed by atoms with Gasteiger partial charge < -0.3 is 9.64 Å². The molecule has 1 aliphatic rings. The molecule has 1 saturated heterocycles. The molecule has 7 heteroatoms. The van der Waals surface area contributed by atoms with E-state index in [9.17, 15) is 4.79 Å². The average molecular weight is 408 g/mol. The Balaban J connectivity index is 1.45. The average Bonchev–Trinajstić information content (AvgIpc) is 2.68. The number of nitrogens with zero attached hydrogens (tertiary/aromatic N) is 3. The number of hydrogen-bond donors (Lipinski definition) is 0. The van der Waals surface area contributed by atoms with E-state index in [1.165, 1.54) is 5.56 Å². The van der Waals surface area contributed by atoms with Crippen LogP contribution in [0.5, 0.6) is 5.75 Å². The monoisotopic (exact) mass is 407 g/mol. The normalized spacial score (nSPS) is 15.5. The lowest BCUT2D eigenvalue weighted by atomic mass is 10.0. The van der Waals surface area contributed by atoms with E-state index in [0.29, 0.717) is 15.8 Å². The van der Waals surface area contributed by atoms with Gasteiger partial charge in [-0.3, -0.25) is 14.7 Å². The number of likely N-dealkylation sites (N-methyl/N-ethyl adjacent to an activating group) is 1. The number of amides is 1. The van der Waals surface area contributed by atoms with E-state index in [2.05, 4.69) is 9.88 Å². The van der Waals surface area contributed by atoms with Crippen LogP contribution >= 0.6 is 23.2 Å². The number of carbonyl (C=O) groups excluding carboxylic acids is 1. The van der Waals surface area contributed by atoms with Gasteiger partial charge in [-0.05, 0) is 48.7 Å². The van der Waals surface area contributed by atoms with Crippen LogP contribution in [0.1, 0.15) is 18.4 Å². The Kier molecular flexibility index (Phi) is 6.94. The summed E-state index contributed by atoms with van der Waals surface area (Å²) in [4.78, 5) is 20.7. The van der Waals surface area contributed by atoms with Gasteiger partial charge in [-0.1, -0.05) is 23.2 Å². The van der Waals surface area contributed by atoms with Crippen LogP contribution in [0, 0.1) is 0 Å². The van der Waals surface area contributed by atoms with Crippen LogP contribution in [0.4, 0.5) is 0 Å². The van der Waals surface area contributed by atoms with Gasteiger partial charge in [-0.2, -0.15) is 0 Å². The summed E-state index contributed by atoms with van der Waals surface area (Å²) in [6.07, 6.45) is 5.55. The van der Waals surface area contributed by atoms with Gasteiger partial charge in [0.1, 0.15) is 5.75 Å². The number of halogens is 2. The van der Waals surface area contributed by atoms with Crippen LogP contribution in [0.2, 0.25) is 10.0 Å². The largest absolute Gasteiger partial charge is 0.482 e. The Morgan fingerprint density at radius 2 is 1.93 bits per heavy atom. The van der Waals surface area contributed by atoms with Crippen LogP contribution in [0.15, 0.2) is 42.7 Å². The van der Waals surface area contributed by atoms with Crippen molar-refractivity contribution in [2.75, 3.05) is 26.7 Å². The highest BCUT2D eigenvalue weighted by molar-refractivity contribution is 6.35. The Bertz CT molecular complexity index is 765. The Morgan fingerprint density at radius 3 is 2.59 bits per heavy atom. The zero-order valence-electron chi connectivity index (χ0n) is 15.3. The fraction of sp³-hybridized carbons (Fsp3) is 0.400. The number of benzene rings is 1. The first-order valence-corrected chi connectivity index (χ1v) is 9.73. The molecule has 1 aliphatic heterocycles. The first-order chi connectivity index (χ1) is 13.0. The van der Waals surface area contributed by atoms with Crippen molar-refractivity contribution in [3.05, 3.63) is 58.3 Å². The van der Waals surface area contributed by atoms with Crippen LogP contribution in [0.25, 0.3) is 0 Å². The topological polar surface area (TPSA) is 45.7 Å². The summed E-state index contributed by atoms with van der Waals surface area (Å²) in [7, 11) is 1.85. The predicted octanol–water partition coefficient (Wildman–Crippen LogP) is 3.89. The van der Waals surface area contributed by atoms with Gasteiger partial charge in [0, 0.05) is 50.1 Å². The number of rotatable bonds is 6. The molecule has 0 atom stereocenters. The lowest BCUT2D eigenvalue weighted by Gasteiger charge is -2.36. The Labute approximate surface area is 169 Å².